The molecule has 2 aromatic heterocycles. The number of nitrogens with zero attached hydrogens (tertiary/aromatic N) is 3. The van der Waals surface area contributed by atoms with E-state index >= 15 is 0 Å². The first-order valence-corrected chi connectivity index (χ1v) is 9.91. The lowest BCUT2D eigenvalue weighted by Gasteiger charge is -2.31. The average Bonchev–Trinajstić information content (AvgIpc) is 3.13. The van der Waals surface area contributed by atoms with Gasteiger partial charge >= 0.3 is 0 Å². The molecule has 1 aromatic carbocycles. The van der Waals surface area contributed by atoms with Crippen molar-refractivity contribution in [1.82, 2.24) is 9.97 Å². The van der Waals surface area contributed by atoms with Gasteiger partial charge in [-0.3, -0.25) is 4.79 Å². The number of carbonyl (C=O) groups is 1. The Morgan fingerprint density at radius 3 is 2.92 bits per heavy atom. The number of pyridine rings is 1. The molecule has 6 heteroatoms. The van der Waals surface area contributed by atoms with Gasteiger partial charge in [0.2, 0.25) is 5.91 Å². The first-order chi connectivity index (χ1) is 12.7. The zero-order valence-electron chi connectivity index (χ0n) is 14.8. The van der Waals surface area contributed by atoms with Crippen LogP contribution in [-0.2, 0) is 11.2 Å². The van der Waals surface area contributed by atoms with E-state index in [1.807, 2.05) is 24.3 Å². The minimum Gasteiger partial charge on any atom is -0.347 e. The highest BCUT2D eigenvalue weighted by molar-refractivity contribution is 7.21. The first kappa shape index (κ1) is 17.0. The maximum atomic E-state index is 12.7. The van der Waals surface area contributed by atoms with Gasteiger partial charge in [0.15, 0.2) is 5.13 Å². The predicted octanol–water partition coefficient (Wildman–Crippen LogP) is 4.11. The smallest absolute Gasteiger partial charge is 0.229 e. The zero-order valence-corrected chi connectivity index (χ0v) is 15.6. The van der Waals surface area contributed by atoms with Crippen molar-refractivity contribution in [1.29, 1.82) is 0 Å². The van der Waals surface area contributed by atoms with Crippen molar-refractivity contribution in [2.75, 3.05) is 23.3 Å². The molecule has 1 aliphatic heterocycles. The summed E-state index contributed by atoms with van der Waals surface area (Å²) >= 11 is 1.60. The molecule has 1 atom stereocenters. The van der Waals surface area contributed by atoms with Gasteiger partial charge in [0.05, 0.1) is 5.92 Å². The summed E-state index contributed by atoms with van der Waals surface area (Å²) < 4.78 is 0. The van der Waals surface area contributed by atoms with Gasteiger partial charge in [0, 0.05) is 25.0 Å². The summed E-state index contributed by atoms with van der Waals surface area (Å²) in [7, 11) is 0. The first-order valence-electron chi connectivity index (χ1n) is 9.09. The molecule has 1 fully saturated rings. The van der Waals surface area contributed by atoms with Crippen LogP contribution < -0.4 is 10.2 Å². The molecule has 4 rings (SSSR count). The SMILES string of the molecule is CCc1ccc(NC(=O)C2CCCN(c3nc4cccnc4s3)C2)cc1. The van der Waals surface area contributed by atoms with Crippen LogP contribution in [0.4, 0.5) is 10.8 Å². The highest BCUT2D eigenvalue weighted by Gasteiger charge is 2.27. The Balaban J connectivity index is 1.44. The van der Waals surface area contributed by atoms with Crippen molar-refractivity contribution >= 4 is 38.4 Å². The summed E-state index contributed by atoms with van der Waals surface area (Å²) in [6.45, 7) is 3.77. The van der Waals surface area contributed by atoms with Gasteiger partial charge in [-0.15, -0.1) is 0 Å². The molecule has 1 amide bonds. The molecule has 134 valence electrons. The normalized spacial score (nSPS) is 17.4. The average molecular weight is 366 g/mol. The van der Waals surface area contributed by atoms with Crippen molar-refractivity contribution in [3.05, 3.63) is 48.2 Å². The van der Waals surface area contributed by atoms with Crippen molar-refractivity contribution < 1.29 is 4.79 Å². The second kappa shape index (κ2) is 7.41. The maximum Gasteiger partial charge on any atom is 0.229 e. The molecular formula is C20H22N4OS. The lowest BCUT2D eigenvalue weighted by atomic mass is 9.97. The van der Waals surface area contributed by atoms with Crippen LogP contribution in [0.3, 0.4) is 0 Å². The fourth-order valence-electron chi connectivity index (χ4n) is 3.33. The lowest BCUT2D eigenvalue weighted by Crippen LogP contribution is -2.40. The summed E-state index contributed by atoms with van der Waals surface area (Å²) in [5.74, 6) is 0.0766. The van der Waals surface area contributed by atoms with Gasteiger partial charge in [-0.1, -0.05) is 30.4 Å². The third-order valence-corrected chi connectivity index (χ3v) is 5.89. The van der Waals surface area contributed by atoms with E-state index in [9.17, 15) is 4.79 Å². The number of thiazole rings is 1. The highest BCUT2D eigenvalue weighted by atomic mass is 32.1. The molecule has 1 saturated heterocycles. The number of anilines is 2. The Morgan fingerprint density at radius 1 is 1.31 bits per heavy atom. The van der Waals surface area contributed by atoms with Crippen LogP contribution in [0.2, 0.25) is 0 Å². The van der Waals surface area contributed by atoms with Crippen LogP contribution in [-0.4, -0.2) is 29.0 Å². The van der Waals surface area contributed by atoms with Gasteiger partial charge in [-0.2, -0.15) is 0 Å². The second-order valence-corrected chi connectivity index (χ2v) is 7.60. The second-order valence-electron chi connectivity index (χ2n) is 6.65. The van der Waals surface area contributed by atoms with Crippen LogP contribution in [0.5, 0.6) is 0 Å². The summed E-state index contributed by atoms with van der Waals surface area (Å²) in [6, 6.07) is 12.0. The van der Waals surface area contributed by atoms with Gasteiger partial charge in [0.25, 0.3) is 0 Å². The van der Waals surface area contributed by atoms with Crippen molar-refractivity contribution in [3.8, 4) is 0 Å². The molecular weight excluding hydrogens is 344 g/mol. The number of aryl methyl sites for hydroxylation is 1. The van der Waals surface area contributed by atoms with E-state index in [0.29, 0.717) is 6.54 Å². The molecule has 5 nitrogen and oxygen atoms in total. The molecule has 0 aliphatic carbocycles. The number of hydrogen-bond acceptors (Lipinski definition) is 5. The number of rotatable bonds is 4. The predicted molar refractivity (Wildman–Crippen MR) is 107 cm³/mol. The van der Waals surface area contributed by atoms with E-state index in [-0.39, 0.29) is 11.8 Å². The third kappa shape index (κ3) is 3.55. The monoisotopic (exact) mass is 366 g/mol. The molecule has 1 aliphatic rings. The topological polar surface area (TPSA) is 58.1 Å². The van der Waals surface area contributed by atoms with Crippen LogP contribution in [0, 0.1) is 5.92 Å². The minimum atomic E-state index is -0.0189. The number of hydrogen-bond donors (Lipinski definition) is 1. The van der Waals surface area contributed by atoms with E-state index in [4.69, 9.17) is 0 Å². The fourth-order valence-corrected chi connectivity index (χ4v) is 4.27. The molecule has 0 bridgehead atoms. The van der Waals surface area contributed by atoms with Crippen molar-refractivity contribution in [3.63, 3.8) is 0 Å². The van der Waals surface area contributed by atoms with Crippen LogP contribution in [0.15, 0.2) is 42.6 Å². The van der Waals surface area contributed by atoms with Gasteiger partial charge in [-0.05, 0) is 49.1 Å². The Kier molecular flexibility index (Phi) is 4.84. The van der Waals surface area contributed by atoms with Crippen molar-refractivity contribution in [2.24, 2.45) is 5.92 Å². The number of aromatic nitrogens is 2. The molecule has 0 spiro atoms. The third-order valence-electron chi connectivity index (χ3n) is 4.85. The maximum absolute atomic E-state index is 12.7. The van der Waals surface area contributed by atoms with Gasteiger partial charge in [-0.25, -0.2) is 9.97 Å². The van der Waals surface area contributed by atoms with E-state index < -0.39 is 0 Å². The number of nitrogens with one attached hydrogen (secondary N) is 1. The molecule has 0 saturated carbocycles. The Morgan fingerprint density at radius 2 is 2.15 bits per heavy atom. The Hall–Kier alpha value is -2.47. The Labute approximate surface area is 157 Å². The van der Waals surface area contributed by atoms with E-state index in [1.165, 1.54) is 5.56 Å². The fraction of sp³-hybridized carbons (Fsp3) is 0.350. The lowest BCUT2D eigenvalue weighted by molar-refractivity contribution is -0.120. The Bertz CT molecular complexity index is 873. The minimum absolute atomic E-state index is 0.0189. The number of fused-ring (bicyclic) bond motifs is 1. The molecule has 1 N–H and O–H groups in total. The van der Waals surface area contributed by atoms with Gasteiger partial charge in [0.1, 0.15) is 10.3 Å². The zero-order chi connectivity index (χ0) is 17.9. The van der Waals surface area contributed by atoms with Crippen molar-refractivity contribution in [2.45, 2.75) is 26.2 Å². The molecule has 0 radical (unpaired) electrons. The van der Waals surface area contributed by atoms with Crippen LogP contribution in [0.1, 0.15) is 25.3 Å². The van der Waals surface area contributed by atoms with E-state index in [0.717, 1.165) is 47.0 Å². The largest absolute Gasteiger partial charge is 0.347 e. The standard InChI is InChI=1S/C20H22N4OS/c1-2-14-7-9-16(10-8-14)22-18(25)15-5-4-12-24(13-15)20-23-17-6-3-11-21-19(17)26-20/h3,6-11,15H,2,4-5,12-13H2,1H3,(H,22,25). The molecule has 3 heterocycles. The number of benzene rings is 1. The van der Waals surface area contributed by atoms with Gasteiger partial charge < -0.3 is 10.2 Å². The molecule has 1 unspecified atom stereocenters. The number of piperidine rings is 1. The molecule has 3 aromatic rings. The quantitative estimate of drug-likeness (QED) is 0.755. The summed E-state index contributed by atoms with van der Waals surface area (Å²) in [5, 5.41) is 4.03. The molecule has 26 heavy (non-hydrogen) atoms. The number of carbonyl (C=O) groups excluding carboxylic acids is 1. The van der Waals surface area contributed by atoms with Crippen LogP contribution in [0.25, 0.3) is 10.3 Å². The summed E-state index contributed by atoms with van der Waals surface area (Å²) in [6.07, 6.45) is 4.71. The van der Waals surface area contributed by atoms with Crippen LogP contribution >= 0.6 is 11.3 Å². The van der Waals surface area contributed by atoms with E-state index in [2.05, 4.69) is 39.2 Å². The van der Waals surface area contributed by atoms with E-state index in [1.54, 1.807) is 17.5 Å². The summed E-state index contributed by atoms with van der Waals surface area (Å²) in [4.78, 5) is 24.9. The highest BCUT2D eigenvalue weighted by Crippen LogP contribution is 2.30. The summed E-state index contributed by atoms with van der Waals surface area (Å²) in [5.41, 5.74) is 3.07. The number of amides is 1.